The largest absolute Gasteiger partial charge is 0.300 e. The van der Waals surface area contributed by atoms with E-state index < -0.39 is 6.17 Å². The van der Waals surface area contributed by atoms with Crippen LogP contribution in [0.25, 0.3) is 0 Å². The SMILES string of the molecule is CC#N.CCCN(CCc1ccccc1)C(CC)CCc1ccc(C2CC2F)cc1. The average Bonchev–Trinajstić information content (AvgIpc) is 3.50. The molecule has 162 valence electrons. The Labute approximate surface area is 182 Å². The first kappa shape index (κ1) is 24.1. The van der Waals surface area contributed by atoms with Gasteiger partial charge in [-0.3, -0.25) is 0 Å². The molecule has 30 heavy (non-hydrogen) atoms. The molecule has 0 radical (unpaired) electrons. The number of hydrogen-bond donors (Lipinski definition) is 0. The molecule has 0 heterocycles. The minimum Gasteiger partial charge on any atom is -0.300 e. The maximum absolute atomic E-state index is 13.2. The van der Waals surface area contributed by atoms with E-state index in [-0.39, 0.29) is 5.92 Å². The lowest BCUT2D eigenvalue weighted by Crippen LogP contribution is -2.37. The van der Waals surface area contributed by atoms with Crippen molar-refractivity contribution in [2.45, 2.75) is 77.4 Å². The zero-order valence-electron chi connectivity index (χ0n) is 18.9. The van der Waals surface area contributed by atoms with Gasteiger partial charge in [0, 0.05) is 25.4 Å². The van der Waals surface area contributed by atoms with Crippen molar-refractivity contribution in [3.05, 3.63) is 71.3 Å². The second-order valence-electron chi connectivity index (χ2n) is 8.20. The quantitative estimate of drug-likeness (QED) is 0.413. The molecule has 0 aliphatic heterocycles. The molecule has 1 fully saturated rings. The maximum atomic E-state index is 13.2. The van der Waals surface area contributed by atoms with Crippen molar-refractivity contribution in [2.24, 2.45) is 0 Å². The summed E-state index contributed by atoms with van der Waals surface area (Å²) < 4.78 is 13.2. The number of hydrogen-bond acceptors (Lipinski definition) is 2. The first-order valence-electron chi connectivity index (χ1n) is 11.4. The molecule has 3 rings (SSSR count). The van der Waals surface area contributed by atoms with Crippen LogP contribution in [0.15, 0.2) is 54.6 Å². The van der Waals surface area contributed by atoms with Gasteiger partial charge >= 0.3 is 0 Å². The lowest BCUT2D eigenvalue weighted by Gasteiger charge is -2.31. The second-order valence-corrected chi connectivity index (χ2v) is 8.20. The number of halogens is 1. The van der Waals surface area contributed by atoms with E-state index in [4.69, 9.17) is 5.26 Å². The average molecular weight is 409 g/mol. The molecular weight excluding hydrogens is 371 g/mol. The Kier molecular flexibility index (Phi) is 10.6. The molecule has 1 saturated carbocycles. The van der Waals surface area contributed by atoms with Crippen LogP contribution in [0, 0.1) is 11.3 Å². The summed E-state index contributed by atoms with van der Waals surface area (Å²) in [5.74, 6) is 0.167. The van der Waals surface area contributed by atoms with Crippen LogP contribution in [0.5, 0.6) is 0 Å². The Bertz CT molecular complexity index is 751. The van der Waals surface area contributed by atoms with Crippen LogP contribution in [0.1, 0.15) is 69.1 Å². The van der Waals surface area contributed by atoms with Gasteiger partial charge in [-0.05, 0) is 61.8 Å². The highest BCUT2D eigenvalue weighted by atomic mass is 19.1. The van der Waals surface area contributed by atoms with Crippen LogP contribution >= 0.6 is 0 Å². The first-order valence-corrected chi connectivity index (χ1v) is 11.4. The second kappa shape index (κ2) is 13.2. The molecule has 3 heteroatoms. The van der Waals surface area contributed by atoms with Gasteiger partial charge in [-0.15, -0.1) is 0 Å². The van der Waals surface area contributed by atoms with Crippen LogP contribution in [-0.4, -0.2) is 30.2 Å². The molecule has 0 N–H and O–H groups in total. The third kappa shape index (κ3) is 7.92. The Hall–Kier alpha value is -2.18. The molecule has 0 saturated heterocycles. The van der Waals surface area contributed by atoms with Crippen LogP contribution in [0.3, 0.4) is 0 Å². The Morgan fingerprint density at radius 1 is 1.00 bits per heavy atom. The van der Waals surface area contributed by atoms with E-state index >= 15 is 0 Å². The normalized spacial score (nSPS) is 18.3. The van der Waals surface area contributed by atoms with Gasteiger partial charge in [0.15, 0.2) is 0 Å². The maximum Gasteiger partial charge on any atom is 0.108 e. The van der Waals surface area contributed by atoms with Crippen molar-refractivity contribution in [2.75, 3.05) is 13.1 Å². The van der Waals surface area contributed by atoms with Crippen LogP contribution < -0.4 is 0 Å². The van der Waals surface area contributed by atoms with Crippen molar-refractivity contribution in [1.29, 1.82) is 5.26 Å². The van der Waals surface area contributed by atoms with E-state index in [0.717, 1.165) is 19.4 Å². The van der Waals surface area contributed by atoms with Crippen molar-refractivity contribution >= 4 is 0 Å². The van der Waals surface area contributed by atoms with Gasteiger partial charge in [-0.25, -0.2) is 4.39 Å². The minimum absolute atomic E-state index is 0.167. The van der Waals surface area contributed by atoms with Crippen molar-refractivity contribution in [3.63, 3.8) is 0 Å². The van der Waals surface area contributed by atoms with Gasteiger partial charge in [-0.2, -0.15) is 5.26 Å². The van der Waals surface area contributed by atoms with Gasteiger partial charge in [0.05, 0.1) is 6.07 Å². The fraction of sp³-hybridized carbons (Fsp3) is 0.519. The molecule has 3 atom stereocenters. The minimum atomic E-state index is -0.604. The molecule has 3 unspecified atom stereocenters. The smallest absolute Gasteiger partial charge is 0.108 e. The zero-order valence-corrected chi connectivity index (χ0v) is 18.9. The van der Waals surface area contributed by atoms with Gasteiger partial charge in [0.2, 0.25) is 0 Å². The van der Waals surface area contributed by atoms with Crippen molar-refractivity contribution < 1.29 is 4.39 Å². The van der Waals surface area contributed by atoms with E-state index in [1.54, 1.807) is 6.07 Å². The summed E-state index contributed by atoms with van der Waals surface area (Å²) in [5.41, 5.74) is 3.98. The molecule has 1 aliphatic carbocycles. The summed E-state index contributed by atoms with van der Waals surface area (Å²) in [7, 11) is 0. The fourth-order valence-corrected chi connectivity index (χ4v) is 4.10. The van der Waals surface area contributed by atoms with Crippen LogP contribution in [0.4, 0.5) is 4.39 Å². The molecule has 0 aromatic heterocycles. The Morgan fingerprint density at radius 2 is 1.60 bits per heavy atom. The molecular formula is C27H37FN2. The zero-order chi connectivity index (χ0) is 21.8. The topological polar surface area (TPSA) is 27.0 Å². The third-order valence-corrected chi connectivity index (χ3v) is 5.92. The standard InChI is InChI=1S/C25H34FN.C2H3N/c1-3-17-27(18-16-20-8-6-5-7-9-20)23(4-2)15-12-21-10-13-22(14-11-21)24-19-25(24)26;1-2-3/h5-11,13-14,23-25H,3-4,12,15-19H2,1-2H3;1H3. The predicted octanol–water partition coefficient (Wildman–Crippen LogP) is 6.71. The number of aryl methyl sites for hydroxylation is 1. The molecule has 2 nitrogen and oxygen atoms in total. The van der Waals surface area contributed by atoms with Gasteiger partial charge in [-0.1, -0.05) is 68.4 Å². The van der Waals surface area contributed by atoms with Crippen LogP contribution in [-0.2, 0) is 12.8 Å². The number of rotatable bonds is 11. The monoisotopic (exact) mass is 408 g/mol. The fourth-order valence-electron chi connectivity index (χ4n) is 4.10. The lowest BCUT2D eigenvalue weighted by atomic mass is 9.99. The van der Waals surface area contributed by atoms with E-state index in [1.807, 2.05) is 0 Å². The Balaban J connectivity index is 0.00000101. The number of alkyl halides is 1. The predicted molar refractivity (Wildman–Crippen MR) is 124 cm³/mol. The number of nitriles is 1. The third-order valence-electron chi connectivity index (χ3n) is 5.92. The van der Waals surface area contributed by atoms with E-state index in [1.165, 1.54) is 49.4 Å². The molecule has 0 amide bonds. The van der Waals surface area contributed by atoms with Gasteiger partial charge in [0.1, 0.15) is 6.17 Å². The summed E-state index contributed by atoms with van der Waals surface area (Å²) in [6.45, 7) is 8.32. The molecule has 1 aliphatic rings. The summed E-state index contributed by atoms with van der Waals surface area (Å²) in [6.07, 6.45) is 5.92. The summed E-state index contributed by atoms with van der Waals surface area (Å²) >= 11 is 0. The first-order chi connectivity index (χ1) is 14.6. The van der Waals surface area contributed by atoms with Gasteiger partial charge in [0.25, 0.3) is 0 Å². The van der Waals surface area contributed by atoms with E-state index in [0.29, 0.717) is 12.5 Å². The highest BCUT2D eigenvalue weighted by Gasteiger charge is 2.38. The Morgan fingerprint density at radius 3 is 2.13 bits per heavy atom. The number of benzene rings is 2. The molecule has 2 aromatic rings. The molecule has 0 spiro atoms. The highest BCUT2D eigenvalue weighted by molar-refractivity contribution is 5.30. The lowest BCUT2D eigenvalue weighted by molar-refractivity contribution is 0.183. The number of nitrogens with zero attached hydrogens (tertiary/aromatic N) is 2. The van der Waals surface area contributed by atoms with Crippen LogP contribution in [0.2, 0.25) is 0 Å². The van der Waals surface area contributed by atoms with Crippen molar-refractivity contribution in [3.8, 4) is 6.07 Å². The molecule has 0 bridgehead atoms. The summed E-state index contributed by atoms with van der Waals surface area (Å²) in [4.78, 5) is 2.68. The summed E-state index contributed by atoms with van der Waals surface area (Å²) in [5, 5.41) is 7.32. The van der Waals surface area contributed by atoms with Crippen molar-refractivity contribution in [1.82, 2.24) is 4.90 Å². The summed E-state index contributed by atoms with van der Waals surface area (Å²) in [6, 6.07) is 21.9. The van der Waals surface area contributed by atoms with Gasteiger partial charge < -0.3 is 4.90 Å². The van der Waals surface area contributed by atoms with E-state index in [2.05, 4.69) is 73.3 Å². The highest BCUT2D eigenvalue weighted by Crippen LogP contribution is 2.43. The molecule has 2 aromatic carbocycles. The van der Waals surface area contributed by atoms with E-state index in [9.17, 15) is 4.39 Å².